The molecule has 0 spiro atoms. The van der Waals surface area contributed by atoms with E-state index in [1.54, 1.807) is 0 Å². The first-order valence-electron chi connectivity index (χ1n) is 31.2. The van der Waals surface area contributed by atoms with Crippen LogP contribution in [0.4, 0.5) is 0 Å². The number of amides is 1. The van der Waals surface area contributed by atoms with E-state index in [2.05, 4.69) is 55.6 Å². The first kappa shape index (κ1) is 68.1. The van der Waals surface area contributed by atoms with Gasteiger partial charge < -0.3 is 20.3 Å². The Hall–Kier alpha value is -1.92. The lowest BCUT2D eigenvalue weighted by Crippen LogP contribution is -2.45. The summed E-state index contributed by atoms with van der Waals surface area (Å²) in [5.41, 5.74) is 0. The average Bonchev–Trinajstić information content (AvgIpc) is 3.36. The highest BCUT2D eigenvalue weighted by Crippen LogP contribution is 2.17. The van der Waals surface area contributed by atoms with Crippen molar-refractivity contribution in [3.8, 4) is 0 Å². The molecule has 2 atom stereocenters. The molecular formula is C64H121NO5. The Bertz CT molecular complexity index is 1130. The van der Waals surface area contributed by atoms with E-state index in [0.717, 1.165) is 51.4 Å². The number of rotatable bonds is 58. The maximum absolute atomic E-state index is 12.4. The summed E-state index contributed by atoms with van der Waals surface area (Å²) in [6, 6.07) is -0.539. The number of carbonyl (C=O) groups is 2. The van der Waals surface area contributed by atoms with Crippen molar-refractivity contribution in [1.82, 2.24) is 5.32 Å². The van der Waals surface area contributed by atoms with E-state index < -0.39 is 12.1 Å². The Kier molecular flexibility index (Phi) is 58.0. The largest absolute Gasteiger partial charge is 0.466 e. The summed E-state index contributed by atoms with van der Waals surface area (Å²) in [4.78, 5) is 24.5. The minimum Gasteiger partial charge on any atom is -0.466 e. The van der Waals surface area contributed by atoms with Crippen molar-refractivity contribution in [1.29, 1.82) is 0 Å². The smallest absolute Gasteiger partial charge is 0.305 e. The standard InChI is InChI=1S/C64H121NO5/c1-3-5-7-9-11-13-14-15-31-35-38-42-46-50-54-58-64(69)70-59-55-51-47-43-39-36-33-30-28-26-24-22-20-18-16-17-19-21-23-25-27-29-32-34-37-41-45-49-53-57-63(68)65-61(60-66)62(67)56-52-48-44-40-12-10-8-6-4-2/h11,13,15-16,18,31,61-62,66-67H,3-10,12,14,17,19-30,32-60H2,1-2H3,(H,65,68)/b13-11-,18-16-,31-15-. The molecule has 0 aromatic heterocycles. The van der Waals surface area contributed by atoms with Crippen molar-refractivity contribution in [2.45, 2.75) is 347 Å². The molecule has 1 amide bonds. The molecule has 0 aliphatic rings. The number of aliphatic hydroxyl groups excluding tert-OH is 2. The molecule has 0 heterocycles. The summed E-state index contributed by atoms with van der Waals surface area (Å²) in [6.07, 6.45) is 74.6. The van der Waals surface area contributed by atoms with Gasteiger partial charge in [-0.25, -0.2) is 0 Å². The van der Waals surface area contributed by atoms with Gasteiger partial charge in [-0.3, -0.25) is 9.59 Å². The minimum absolute atomic E-state index is 0.00229. The number of hydrogen-bond donors (Lipinski definition) is 3. The number of carbonyl (C=O) groups excluding carboxylic acids is 2. The Morgan fingerprint density at radius 2 is 0.714 bits per heavy atom. The van der Waals surface area contributed by atoms with Crippen molar-refractivity contribution >= 4 is 11.9 Å². The fourth-order valence-electron chi connectivity index (χ4n) is 9.61. The second kappa shape index (κ2) is 59.6. The maximum atomic E-state index is 12.4. The van der Waals surface area contributed by atoms with Crippen molar-refractivity contribution in [2.24, 2.45) is 0 Å². The monoisotopic (exact) mass is 984 g/mol. The van der Waals surface area contributed by atoms with E-state index in [1.807, 2.05) is 0 Å². The SMILES string of the molecule is CCCCC/C=C\C/C=C\CCCCCCCC(=O)OCCCCCCCCCCCCCC/C=C\CCCCCCCCCCCCCCCC(=O)NC(CO)C(O)CCCCCCCCCCC. The second-order valence-electron chi connectivity index (χ2n) is 21.4. The van der Waals surface area contributed by atoms with Crippen LogP contribution in [0.2, 0.25) is 0 Å². The lowest BCUT2D eigenvalue weighted by Gasteiger charge is -2.22. The van der Waals surface area contributed by atoms with E-state index in [4.69, 9.17) is 4.74 Å². The molecule has 0 saturated carbocycles. The van der Waals surface area contributed by atoms with Gasteiger partial charge in [0.1, 0.15) is 0 Å². The molecule has 70 heavy (non-hydrogen) atoms. The van der Waals surface area contributed by atoms with Gasteiger partial charge in [0.05, 0.1) is 25.4 Å². The second-order valence-corrected chi connectivity index (χ2v) is 21.4. The summed E-state index contributed by atoms with van der Waals surface area (Å²) in [6.45, 7) is 4.91. The van der Waals surface area contributed by atoms with Gasteiger partial charge in [-0.1, -0.05) is 275 Å². The van der Waals surface area contributed by atoms with E-state index in [-0.39, 0.29) is 18.5 Å². The van der Waals surface area contributed by atoms with Crippen LogP contribution in [0.15, 0.2) is 36.5 Å². The van der Waals surface area contributed by atoms with E-state index in [9.17, 15) is 19.8 Å². The molecule has 6 heteroatoms. The lowest BCUT2D eigenvalue weighted by molar-refractivity contribution is -0.143. The number of aliphatic hydroxyl groups is 2. The fraction of sp³-hybridized carbons (Fsp3) is 0.875. The third kappa shape index (κ3) is 55.4. The van der Waals surface area contributed by atoms with Crippen molar-refractivity contribution in [2.75, 3.05) is 13.2 Å². The molecule has 0 aliphatic heterocycles. The fourth-order valence-corrected chi connectivity index (χ4v) is 9.61. The van der Waals surface area contributed by atoms with Gasteiger partial charge in [-0.15, -0.1) is 0 Å². The molecule has 0 aliphatic carbocycles. The van der Waals surface area contributed by atoms with Crippen LogP contribution in [0.5, 0.6) is 0 Å². The minimum atomic E-state index is -0.661. The Morgan fingerprint density at radius 3 is 1.13 bits per heavy atom. The predicted octanol–water partition coefficient (Wildman–Crippen LogP) is 19.6. The van der Waals surface area contributed by atoms with Crippen LogP contribution in [0.25, 0.3) is 0 Å². The lowest BCUT2D eigenvalue weighted by atomic mass is 10.0. The van der Waals surface area contributed by atoms with Crippen LogP contribution >= 0.6 is 0 Å². The molecule has 0 saturated heterocycles. The third-order valence-electron chi connectivity index (χ3n) is 14.4. The highest BCUT2D eigenvalue weighted by atomic mass is 16.5. The van der Waals surface area contributed by atoms with Gasteiger partial charge in [0, 0.05) is 12.8 Å². The van der Waals surface area contributed by atoms with Crippen LogP contribution in [-0.2, 0) is 14.3 Å². The van der Waals surface area contributed by atoms with Crippen LogP contribution < -0.4 is 5.32 Å². The summed E-state index contributed by atoms with van der Waals surface area (Å²) < 4.78 is 5.48. The highest BCUT2D eigenvalue weighted by Gasteiger charge is 2.20. The molecule has 0 bridgehead atoms. The van der Waals surface area contributed by atoms with Gasteiger partial charge in [0.25, 0.3) is 0 Å². The van der Waals surface area contributed by atoms with Crippen LogP contribution in [-0.4, -0.2) is 47.4 Å². The number of nitrogens with one attached hydrogen (secondary N) is 1. The molecule has 0 rings (SSSR count). The molecule has 0 aromatic carbocycles. The summed E-state index contributed by atoms with van der Waals surface area (Å²) in [5, 5.41) is 23.1. The quantitative estimate of drug-likeness (QED) is 0.0321. The molecule has 412 valence electrons. The average molecular weight is 985 g/mol. The van der Waals surface area contributed by atoms with Crippen LogP contribution in [0.1, 0.15) is 335 Å². The Labute approximate surface area is 436 Å². The normalized spacial score (nSPS) is 12.8. The van der Waals surface area contributed by atoms with Gasteiger partial charge in [-0.2, -0.15) is 0 Å². The molecular weight excluding hydrogens is 863 g/mol. The van der Waals surface area contributed by atoms with E-state index in [1.165, 1.54) is 250 Å². The van der Waals surface area contributed by atoms with Gasteiger partial charge in [-0.05, 0) is 83.5 Å². The summed E-state index contributed by atoms with van der Waals surface area (Å²) >= 11 is 0. The molecule has 6 nitrogen and oxygen atoms in total. The third-order valence-corrected chi connectivity index (χ3v) is 14.4. The van der Waals surface area contributed by atoms with Gasteiger partial charge in [0.15, 0.2) is 0 Å². The van der Waals surface area contributed by atoms with Crippen molar-refractivity contribution in [3.05, 3.63) is 36.5 Å². The first-order valence-corrected chi connectivity index (χ1v) is 31.2. The number of esters is 1. The van der Waals surface area contributed by atoms with E-state index >= 15 is 0 Å². The molecule has 0 aromatic rings. The summed E-state index contributed by atoms with van der Waals surface area (Å²) in [7, 11) is 0. The zero-order valence-electron chi connectivity index (χ0n) is 47.0. The zero-order valence-corrected chi connectivity index (χ0v) is 47.0. The van der Waals surface area contributed by atoms with Crippen molar-refractivity contribution in [3.63, 3.8) is 0 Å². The molecule has 3 N–H and O–H groups in total. The number of hydrogen-bond acceptors (Lipinski definition) is 5. The van der Waals surface area contributed by atoms with Crippen LogP contribution in [0, 0.1) is 0 Å². The van der Waals surface area contributed by atoms with Crippen molar-refractivity contribution < 1.29 is 24.5 Å². The Balaban J connectivity index is 3.35. The maximum Gasteiger partial charge on any atom is 0.305 e. The predicted molar refractivity (Wildman–Crippen MR) is 306 cm³/mol. The van der Waals surface area contributed by atoms with Gasteiger partial charge in [0.2, 0.25) is 5.91 Å². The topological polar surface area (TPSA) is 95.9 Å². The Morgan fingerprint density at radius 1 is 0.400 bits per heavy atom. The zero-order chi connectivity index (χ0) is 50.7. The van der Waals surface area contributed by atoms with E-state index in [0.29, 0.717) is 25.9 Å². The van der Waals surface area contributed by atoms with Gasteiger partial charge >= 0.3 is 5.97 Å². The summed E-state index contributed by atoms with van der Waals surface area (Å²) in [5.74, 6) is -0.0338. The molecule has 0 radical (unpaired) electrons. The number of unbranched alkanes of at least 4 members (excludes halogenated alkanes) is 41. The number of allylic oxidation sites excluding steroid dienone is 6. The van der Waals surface area contributed by atoms with Crippen LogP contribution in [0.3, 0.4) is 0 Å². The molecule has 2 unspecified atom stereocenters. The highest BCUT2D eigenvalue weighted by molar-refractivity contribution is 5.76. The number of ether oxygens (including phenoxy) is 1. The first-order chi connectivity index (χ1) is 34.5. The molecule has 0 fully saturated rings.